The van der Waals surface area contributed by atoms with Gasteiger partial charge in [0.25, 0.3) is 10.0 Å². The van der Waals surface area contributed by atoms with Crippen LogP contribution in [0.4, 0.5) is 9.18 Å². The summed E-state index contributed by atoms with van der Waals surface area (Å²) in [4.78, 5) is 24.3. The lowest BCUT2D eigenvalue weighted by molar-refractivity contribution is -0.126. The lowest BCUT2D eigenvalue weighted by atomic mass is 10.1. The van der Waals surface area contributed by atoms with E-state index in [1.54, 1.807) is 19.2 Å². The summed E-state index contributed by atoms with van der Waals surface area (Å²) in [7, 11) is -1.32. The number of carbonyl (C=O) groups excluding carboxylic acids is 1. The zero-order chi connectivity index (χ0) is 26.1. The number of rotatable bonds is 9. The van der Waals surface area contributed by atoms with Gasteiger partial charge >= 0.3 is 6.09 Å². The zero-order valence-corrected chi connectivity index (χ0v) is 20.6. The molecule has 1 heterocycles. The van der Waals surface area contributed by atoms with Crippen molar-refractivity contribution in [3.8, 4) is 17.0 Å². The van der Waals surface area contributed by atoms with Crippen LogP contribution in [0.5, 0.6) is 5.75 Å². The van der Waals surface area contributed by atoms with Crippen molar-refractivity contribution in [3.05, 3.63) is 72.2 Å². The van der Waals surface area contributed by atoms with E-state index in [2.05, 4.69) is 5.32 Å². The number of nitrogens with zero attached hydrogens (tertiary/aromatic N) is 2. The second-order valence-electron chi connectivity index (χ2n) is 8.78. The summed E-state index contributed by atoms with van der Waals surface area (Å²) >= 11 is 0. The number of hydrogen-bond donors (Lipinski definition) is 2. The van der Waals surface area contributed by atoms with Crippen LogP contribution in [0.3, 0.4) is 0 Å². The van der Waals surface area contributed by atoms with Crippen LogP contribution in [-0.2, 0) is 21.4 Å². The maximum Gasteiger partial charge on any atom is 0.407 e. The van der Waals surface area contributed by atoms with E-state index in [9.17, 15) is 27.5 Å². The Kier molecular flexibility index (Phi) is 6.77. The summed E-state index contributed by atoms with van der Waals surface area (Å²) in [6.07, 6.45) is 1.48. The van der Waals surface area contributed by atoms with Crippen LogP contribution in [0.1, 0.15) is 18.4 Å². The molecule has 2 N–H and O–H groups in total. The first-order chi connectivity index (χ1) is 17.1. The van der Waals surface area contributed by atoms with Crippen LogP contribution in [0.15, 0.2) is 65.7 Å². The molecule has 0 unspecified atom stereocenters. The van der Waals surface area contributed by atoms with Gasteiger partial charge in [0.05, 0.1) is 22.5 Å². The van der Waals surface area contributed by atoms with Gasteiger partial charge in [0.15, 0.2) is 0 Å². The van der Waals surface area contributed by atoms with Crippen molar-refractivity contribution in [1.82, 2.24) is 14.2 Å². The quantitative estimate of drug-likeness (QED) is 0.450. The maximum atomic E-state index is 14.7. The summed E-state index contributed by atoms with van der Waals surface area (Å²) in [6.45, 7) is 0.0237. The first-order valence-corrected chi connectivity index (χ1v) is 12.6. The minimum atomic E-state index is -4.23. The molecule has 190 valence electrons. The fourth-order valence-corrected chi connectivity index (χ4v) is 5.33. The van der Waals surface area contributed by atoms with Gasteiger partial charge in [0.2, 0.25) is 5.91 Å². The number of ether oxygens (including phenoxy) is 1. The molecule has 1 aromatic heterocycles. The van der Waals surface area contributed by atoms with E-state index < -0.39 is 27.3 Å². The highest BCUT2D eigenvalue weighted by molar-refractivity contribution is 7.90. The van der Waals surface area contributed by atoms with Crippen molar-refractivity contribution in [2.45, 2.75) is 24.3 Å². The fourth-order valence-electron chi connectivity index (χ4n) is 3.90. The molecule has 0 bridgehead atoms. The molecule has 3 aromatic rings. The molecule has 9 nitrogen and oxygen atoms in total. The predicted octanol–water partition coefficient (Wildman–Crippen LogP) is 3.55. The molecule has 0 atom stereocenters. The van der Waals surface area contributed by atoms with E-state index in [0.29, 0.717) is 18.4 Å². The van der Waals surface area contributed by atoms with Gasteiger partial charge in [0, 0.05) is 31.9 Å². The van der Waals surface area contributed by atoms with Crippen molar-refractivity contribution in [1.29, 1.82) is 0 Å². The molecule has 1 aliphatic rings. The van der Waals surface area contributed by atoms with Gasteiger partial charge in [-0.25, -0.2) is 21.6 Å². The Hall–Kier alpha value is -3.86. The number of halogens is 1. The standard InChI is InChI=1S/C25H26FN3O6S/c1-27-23(30)25(10-11-25)16-35-18-6-5-7-19(13-18)36(33,34)29-15-17(14-28(2)24(31)32)12-22(29)20-8-3-4-9-21(20)26/h3-9,12-13,15H,10-11,14,16H2,1-2H3,(H,27,30)(H,31,32). The molecule has 0 spiro atoms. The van der Waals surface area contributed by atoms with E-state index in [4.69, 9.17) is 4.74 Å². The Morgan fingerprint density at radius 1 is 1.17 bits per heavy atom. The van der Waals surface area contributed by atoms with Gasteiger partial charge < -0.3 is 20.1 Å². The molecule has 0 aliphatic heterocycles. The Bertz CT molecular complexity index is 1410. The van der Waals surface area contributed by atoms with E-state index in [1.165, 1.54) is 55.7 Å². The molecule has 11 heteroatoms. The molecule has 4 rings (SSSR count). The van der Waals surface area contributed by atoms with Gasteiger partial charge in [-0.2, -0.15) is 0 Å². The Labute approximate surface area is 208 Å². The smallest absolute Gasteiger partial charge is 0.407 e. The SMILES string of the molecule is CNC(=O)C1(COc2cccc(S(=O)(=O)n3cc(CN(C)C(=O)O)cc3-c3ccccc3F)c2)CC1. The van der Waals surface area contributed by atoms with Crippen LogP contribution in [-0.4, -0.2) is 55.1 Å². The van der Waals surface area contributed by atoms with Gasteiger partial charge in [0.1, 0.15) is 18.2 Å². The minimum Gasteiger partial charge on any atom is -0.492 e. The number of amides is 2. The number of aromatic nitrogens is 1. The number of hydrogen-bond acceptors (Lipinski definition) is 5. The predicted molar refractivity (Wildman–Crippen MR) is 130 cm³/mol. The number of carbonyl (C=O) groups is 2. The highest BCUT2D eigenvalue weighted by Crippen LogP contribution is 2.46. The second-order valence-corrected chi connectivity index (χ2v) is 10.6. The van der Waals surface area contributed by atoms with Gasteiger partial charge in [-0.05, 0) is 48.7 Å². The van der Waals surface area contributed by atoms with Crippen molar-refractivity contribution in [2.75, 3.05) is 20.7 Å². The number of benzene rings is 2. The van der Waals surface area contributed by atoms with Crippen LogP contribution >= 0.6 is 0 Å². The summed E-state index contributed by atoms with van der Waals surface area (Å²) in [5.74, 6) is -0.463. The van der Waals surface area contributed by atoms with Crippen LogP contribution in [0, 0.1) is 11.2 Å². The second kappa shape index (κ2) is 9.65. The molecular formula is C25H26FN3O6S. The maximum absolute atomic E-state index is 14.7. The van der Waals surface area contributed by atoms with Crippen LogP contribution in [0.25, 0.3) is 11.3 Å². The summed E-state index contributed by atoms with van der Waals surface area (Å²) in [5.41, 5.74) is -0.119. The number of nitrogens with one attached hydrogen (secondary N) is 1. The lowest BCUT2D eigenvalue weighted by Gasteiger charge is -2.16. The Morgan fingerprint density at radius 3 is 2.53 bits per heavy atom. The average molecular weight is 516 g/mol. The van der Waals surface area contributed by atoms with Gasteiger partial charge in [-0.1, -0.05) is 18.2 Å². The minimum absolute atomic E-state index is 0.0546. The van der Waals surface area contributed by atoms with Crippen molar-refractivity contribution < 1.29 is 32.2 Å². The molecule has 0 saturated heterocycles. The summed E-state index contributed by atoms with van der Waals surface area (Å²) in [6, 6.07) is 13.1. The fraction of sp³-hybridized carbons (Fsp3) is 0.280. The third kappa shape index (κ3) is 4.92. The highest BCUT2D eigenvalue weighted by atomic mass is 32.2. The van der Waals surface area contributed by atoms with Gasteiger partial charge in [-0.3, -0.25) is 4.79 Å². The van der Waals surface area contributed by atoms with Crippen LogP contribution in [0.2, 0.25) is 0 Å². The van der Waals surface area contributed by atoms with Gasteiger partial charge in [-0.15, -0.1) is 0 Å². The van der Waals surface area contributed by atoms with Crippen molar-refractivity contribution >= 4 is 22.0 Å². The third-order valence-corrected chi connectivity index (χ3v) is 7.85. The Morgan fingerprint density at radius 2 is 1.89 bits per heavy atom. The molecule has 0 radical (unpaired) electrons. The van der Waals surface area contributed by atoms with Crippen molar-refractivity contribution in [3.63, 3.8) is 0 Å². The Balaban J connectivity index is 1.70. The molecule has 36 heavy (non-hydrogen) atoms. The average Bonchev–Trinajstić information content (AvgIpc) is 3.54. The molecule has 2 amide bonds. The van der Waals surface area contributed by atoms with Crippen LogP contribution < -0.4 is 10.1 Å². The number of carboxylic acid groups (broad SMARTS) is 1. The molecule has 1 fully saturated rings. The molecular weight excluding hydrogens is 489 g/mol. The van der Waals surface area contributed by atoms with E-state index in [0.717, 1.165) is 8.87 Å². The summed E-state index contributed by atoms with van der Waals surface area (Å²) < 4.78 is 48.8. The first kappa shape index (κ1) is 25.2. The third-order valence-electron chi connectivity index (χ3n) is 6.18. The highest BCUT2D eigenvalue weighted by Gasteiger charge is 2.50. The van der Waals surface area contributed by atoms with E-state index in [1.807, 2.05) is 0 Å². The lowest BCUT2D eigenvalue weighted by Crippen LogP contribution is -2.33. The molecule has 1 aliphatic carbocycles. The molecule has 2 aromatic carbocycles. The molecule has 1 saturated carbocycles. The van der Waals surface area contributed by atoms with Crippen molar-refractivity contribution in [2.24, 2.45) is 5.41 Å². The zero-order valence-electron chi connectivity index (χ0n) is 19.8. The topological polar surface area (TPSA) is 118 Å². The first-order valence-electron chi connectivity index (χ1n) is 11.2. The van der Waals surface area contributed by atoms with E-state index in [-0.39, 0.29) is 41.0 Å². The monoisotopic (exact) mass is 515 g/mol. The normalized spacial score (nSPS) is 14.2. The largest absolute Gasteiger partial charge is 0.492 e. The van der Waals surface area contributed by atoms with E-state index >= 15 is 0 Å². The summed E-state index contributed by atoms with van der Waals surface area (Å²) in [5, 5.41) is 11.8.